The zero-order valence-electron chi connectivity index (χ0n) is 11.3. The molecule has 0 radical (unpaired) electrons. The highest BCUT2D eigenvalue weighted by atomic mass is 16.3. The molecule has 18 heavy (non-hydrogen) atoms. The Morgan fingerprint density at radius 1 is 1.28 bits per heavy atom. The van der Waals surface area contributed by atoms with E-state index in [0.717, 1.165) is 24.2 Å². The predicted molar refractivity (Wildman–Crippen MR) is 75.2 cm³/mol. The molecule has 0 saturated heterocycles. The zero-order valence-corrected chi connectivity index (χ0v) is 11.3. The SMILES string of the molecule is CCCCC(C)c1cc(=O)c2cc(C)ccc2o1. The second-order valence-electron chi connectivity index (χ2n) is 5.06. The van der Waals surface area contributed by atoms with E-state index < -0.39 is 0 Å². The minimum Gasteiger partial charge on any atom is -0.461 e. The fraction of sp³-hybridized carbons (Fsp3) is 0.438. The first kappa shape index (κ1) is 12.9. The van der Waals surface area contributed by atoms with Crippen molar-refractivity contribution in [3.8, 4) is 0 Å². The second kappa shape index (κ2) is 5.38. The van der Waals surface area contributed by atoms with Crippen LogP contribution >= 0.6 is 0 Å². The maximum absolute atomic E-state index is 12.1. The topological polar surface area (TPSA) is 30.2 Å². The smallest absolute Gasteiger partial charge is 0.192 e. The van der Waals surface area contributed by atoms with E-state index in [1.54, 1.807) is 6.07 Å². The number of hydrogen-bond donors (Lipinski definition) is 0. The van der Waals surface area contributed by atoms with Crippen LogP contribution in [0.4, 0.5) is 0 Å². The fourth-order valence-electron chi connectivity index (χ4n) is 2.18. The summed E-state index contributed by atoms with van der Waals surface area (Å²) in [5.41, 5.74) is 1.85. The average molecular weight is 244 g/mol. The number of fused-ring (bicyclic) bond motifs is 1. The van der Waals surface area contributed by atoms with E-state index in [1.807, 2.05) is 25.1 Å². The largest absolute Gasteiger partial charge is 0.461 e. The van der Waals surface area contributed by atoms with Crippen molar-refractivity contribution >= 4 is 11.0 Å². The quantitative estimate of drug-likeness (QED) is 0.798. The summed E-state index contributed by atoms with van der Waals surface area (Å²) in [5, 5.41) is 0.682. The number of rotatable bonds is 4. The lowest BCUT2D eigenvalue weighted by Crippen LogP contribution is -2.04. The van der Waals surface area contributed by atoms with Gasteiger partial charge in [0.25, 0.3) is 0 Å². The third-order valence-electron chi connectivity index (χ3n) is 3.38. The summed E-state index contributed by atoms with van der Waals surface area (Å²) in [6.07, 6.45) is 3.40. The fourth-order valence-corrected chi connectivity index (χ4v) is 2.18. The van der Waals surface area contributed by atoms with Crippen LogP contribution in [0.1, 0.15) is 50.4 Å². The Morgan fingerprint density at radius 3 is 2.78 bits per heavy atom. The summed E-state index contributed by atoms with van der Waals surface area (Å²) in [6, 6.07) is 7.41. The third kappa shape index (κ3) is 2.63. The number of hydrogen-bond acceptors (Lipinski definition) is 2. The molecule has 0 fully saturated rings. The normalized spacial score (nSPS) is 12.8. The van der Waals surface area contributed by atoms with Crippen molar-refractivity contribution < 1.29 is 4.42 Å². The van der Waals surface area contributed by atoms with Gasteiger partial charge in [-0.05, 0) is 25.5 Å². The van der Waals surface area contributed by atoms with Crippen LogP contribution in [0.15, 0.2) is 33.5 Å². The molecule has 0 aliphatic rings. The van der Waals surface area contributed by atoms with Gasteiger partial charge < -0.3 is 4.42 Å². The van der Waals surface area contributed by atoms with Crippen LogP contribution in [0, 0.1) is 6.92 Å². The summed E-state index contributed by atoms with van der Waals surface area (Å²) in [5.74, 6) is 1.12. The molecule has 2 heteroatoms. The van der Waals surface area contributed by atoms with Crippen molar-refractivity contribution in [3.05, 3.63) is 45.8 Å². The summed E-state index contributed by atoms with van der Waals surface area (Å²) >= 11 is 0. The van der Waals surface area contributed by atoms with Crippen LogP contribution in [-0.2, 0) is 0 Å². The van der Waals surface area contributed by atoms with Crippen molar-refractivity contribution in [1.29, 1.82) is 0 Å². The first-order valence-electron chi connectivity index (χ1n) is 6.66. The van der Waals surface area contributed by atoms with Crippen LogP contribution in [0.25, 0.3) is 11.0 Å². The summed E-state index contributed by atoms with van der Waals surface area (Å²) in [4.78, 5) is 12.1. The van der Waals surface area contributed by atoms with Crippen LogP contribution in [0.2, 0.25) is 0 Å². The van der Waals surface area contributed by atoms with Crippen molar-refractivity contribution in [3.63, 3.8) is 0 Å². The van der Waals surface area contributed by atoms with Crippen molar-refractivity contribution in [2.24, 2.45) is 0 Å². The Bertz CT molecular complexity index is 596. The monoisotopic (exact) mass is 244 g/mol. The maximum atomic E-state index is 12.1. The molecule has 2 aromatic rings. The van der Waals surface area contributed by atoms with Gasteiger partial charge in [-0.3, -0.25) is 4.79 Å². The Labute approximate surface area is 108 Å². The standard InChI is InChI=1S/C16H20O2/c1-4-5-6-12(3)16-10-14(17)13-9-11(2)7-8-15(13)18-16/h7-10,12H,4-6H2,1-3H3. The van der Waals surface area contributed by atoms with Gasteiger partial charge in [0, 0.05) is 12.0 Å². The first-order valence-corrected chi connectivity index (χ1v) is 6.66. The maximum Gasteiger partial charge on any atom is 0.192 e. The molecule has 1 unspecified atom stereocenters. The third-order valence-corrected chi connectivity index (χ3v) is 3.38. The van der Waals surface area contributed by atoms with Gasteiger partial charge in [-0.1, -0.05) is 38.3 Å². The highest BCUT2D eigenvalue weighted by molar-refractivity contribution is 5.77. The van der Waals surface area contributed by atoms with E-state index in [1.165, 1.54) is 6.42 Å². The first-order chi connectivity index (χ1) is 8.61. The molecule has 1 heterocycles. The van der Waals surface area contributed by atoms with E-state index in [4.69, 9.17) is 4.42 Å². The summed E-state index contributed by atoms with van der Waals surface area (Å²) in [7, 11) is 0. The molecule has 0 spiro atoms. The molecule has 2 rings (SSSR count). The Kier molecular flexibility index (Phi) is 3.85. The number of unbranched alkanes of at least 4 members (excludes halogenated alkanes) is 1. The molecule has 0 saturated carbocycles. The van der Waals surface area contributed by atoms with Crippen LogP contribution in [0.3, 0.4) is 0 Å². The van der Waals surface area contributed by atoms with Crippen LogP contribution in [0.5, 0.6) is 0 Å². The highest BCUT2D eigenvalue weighted by Gasteiger charge is 2.11. The number of aryl methyl sites for hydroxylation is 1. The second-order valence-corrected chi connectivity index (χ2v) is 5.06. The lowest BCUT2D eigenvalue weighted by Gasteiger charge is -2.10. The Morgan fingerprint density at radius 2 is 2.06 bits per heavy atom. The molecule has 0 aliphatic carbocycles. The van der Waals surface area contributed by atoms with Crippen molar-refractivity contribution in [1.82, 2.24) is 0 Å². The Balaban J connectivity index is 2.43. The van der Waals surface area contributed by atoms with E-state index in [0.29, 0.717) is 16.9 Å². The van der Waals surface area contributed by atoms with E-state index in [2.05, 4.69) is 13.8 Å². The molecule has 2 nitrogen and oxygen atoms in total. The minimum atomic E-state index is 0.0679. The van der Waals surface area contributed by atoms with Crippen LogP contribution < -0.4 is 5.43 Å². The van der Waals surface area contributed by atoms with Gasteiger partial charge in [-0.2, -0.15) is 0 Å². The lowest BCUT2D eigenvalue weighted by atomic mass is 10.0. The van der Waals surface area contributed by atoms with Gasteiger partial charge in [-0.25, -0.2) is 0 Å². The molecular formula is C16H20O2. The molecule has 1 atom stereocenters. The van der Waals surface area contributed by atoms with E-state index >= 15 is 0 Å². The van der Waals surface area contributed by atoms with Crippen molar-refractivity contribution in [2.45, 2.75) is 46.0 Å². The molecule has 1 aromatic carbocycles. The van der Waals surface area contributed by atoms with Gasteiger partial charge in [0.1, 0.15) is 11.3 Å². The molecule has 96 valence electrons. The predicted octanol–water partition coefficient (Wildman–Crippen LogP) is 4.40. The van der Waals surface area contributed by atoms with Gasteiger partial charge in [0.2, 0.25) is 0 Å². The molecular weight excluding hydrogens is 224 g/mol. The van der Waals surface area contributed by atoms with Gasteiger partial charge in [0.15, 0.2) is 5.43 Å². The molecule has 0 amide bonds. The Hall–Kier alpha value is -1.57. The van der Waals surface area contributed by atoms with Gasteiger partial charge in [-0.15, -0.1) is 0 Å². The van der Waals surface area contributed by atoms with Crippen molar-refractivity contribution in [2.75, 3.05) is 0 Å². The molecule has 0 aliphatic heterocycles. The lowest BCUT2D eigenvalue weighted by molar-refractivity contribution is 0.469. The van der Waals surface area contributed by atoms with E-state index in [-0.39, 0.29) is 5.43 Å². The van der Waals surface area contributed by atoms with Gasteiger partial charge >= 0.3 is 0 Å². The molecule has 0 N–H and O–H groups in total. The summed E-state index contributed by atoms with van der Waals surface area (Å²) in [6.45, 7) is 6.27. The van der Waals surface area contributed by atoms with Crippen LogP contribution in [-0.4, -0.2) is 0 Å². The average Bonchev–Trinajstić information content (AvgIpc) is 2.36. The molecule has 1 aromatic heterocycles. The highest BCUT2D eigenvalue weighted by Crippen LogP contribution is 2.23. The number of benzene rings is 1. The van der Waals surface area contributed by atoms with E-state index in [9.17, 15) is 4.79 Å². The summed E-state index contributed by atoms with van der Waals surface area (Å²) < 4.78 is 5.86. The zero-order chi connectivity index (χ0) is 13.1. The van der Waals surface area contributed by atoms with Gasteiger partial charge in [0.05, 0.1) is 5.39 Å². The molecule has 0 bridgehead atoms. The minimum absolute atomic E-state index is 0.0679.